The van der Waals surface area contributed by atoms with Gasteiger partial charge in [-0.25, -0.2) is 0 Å². The molecule has 0 spiro atoms. The number of rotatable bonds is 3. The molecule has 4 nitrogen and oxygen atoms in total. The molecule has 20 heavy (non-hydrogen) atoms. The van der Waals surface area contributed by atoms with Crippen molar-refractivity contribution in [1.82, 2.24) is 4.98 Å². The van der Waals surface area contributed by atoms with Crippen LogP contribution < -0.4 is 10.2 Å². The SMILES string of the molecule is CC1(C)OB(c2cncc(OC3CC3)c2I)OC1(C)C. The van der Waals surface area contributed by atoms with Crippen LogP contribution in [0.3, 0.4) is 0 Å². The lowest BCUT2D eigenvalue weighted by molar-refractivity contribution is 0.00578. The lowest BCUT2D eigenvalue weighted by Gasteiger charge is -2.32. The number of aromatic nitrogens is 1. The van der Waals surface area contributed by atoms with Crippen LogP contribution >= 0.6 is 22.6 Å². The molecule has 0 unspecified atom stereocenters. The first-order valence-corrected chi connectivity index (χ1v) is 8.04. The molecule has 2 fully saturated rings. The Morgan fingerprint density at radius 1 is 1.20 bits per heavy atom. The van der Waals surface area contributed by atoms with Crippen LogP contribution in [0.4, 0.5) is 0 Å². The van der Waals surface area contributed by atoms with E-state index in [0.717, 1.165) is 27.6 Å². The largest absolute Gasteiger partial charge is 0.497 e. The Kier molecular flexibility index (Phi) is 3.54. The predicted octanol–water partition coefficient (Wildman–Crippen LogP) is 2.53. The smallest absolute Gasteiger partial charge is 0.488 e. The minimum Gasteiger partial charge on any atom is -0.488 e. The van der Waals surface area contributed by atoms with E-state index in [4.69, 9.17) is 14.0 Å². The molecular formula is C14H19BINO3. The summed E-state index contributed by atoms with van der Waals surface area (Å²) in [6.45, 7) is 8.21. The van der Waals surface area contributed by atoms with E-state index in [-0.39, 0.29) is 18.3 Å². The van der Waals surface area contributed by atoms with E-state index in [1.165, 1.54) is 0 Å². The Balaban J connectivity index is 1.87. The molecule has 1 saturated heterocycles. The fourth-order valence-electron chi connectivity index (χ4n) is 2.02. The molecule has 2 aliphatic rings. The summed E-state index contributed by atoms with van der Waals surface area (Å²) in [6, 6.07) is 0. The Morgan fingerprint density at radius 3 is 2.35 bits per heavy atom. The van der Waals surface area contributed by atoms with Crippen molar-refractivity contribution in [2.45, 2.75) is 57.8 Å². The Hall–Kier alpha value is -0.335. The van der Waals surface area contributed by atoms with Gasteiger partial charge in [-0.05, 0) is 63.1 Å². The first kappa shape index (κ1) is 14.6. The van der Waals surface area contributed by atoms with Gasteiger partial charge in [0.2, 0.25) is 0 Å². The monoisotopic (exact) mass is 387 g/mol. The molecule has 0 atom stereocenters. The van der Waals surface area contributed by atoms with Crippen molar-refractivity contribution < 1.29 is 14.0 Å². The third-order valence-corrected chi connectivity index (χ3v) is 5.35. The van der Waals surface area contributed by atoms with Crippen LogP contribution in [0.1, 0.15) is 40.5 Å². The highest BCUT2D eigenvalue weighted by Crippen LogP contribution is 2.37. The topological polar surface area (TPSA) is 40.6 Å². The summed E-state index contributed by atoms with van der Waals surface area (Å²) in [7, 11) is -0.387. The van der Waals surface area contributed by atoms with Gasteiger partial charge in [0.15, 0.2) is 5.75 Å². The molecule has 1 aromatic heterocycles. The minimum atomic E-state index is -0.387. The van der Waals surface area contributed by atoms with E-state index < -0.39 is 0 Å². The minimum absolute atomic E-state index is 0.339. The number of nitrogens with zero attached hydrogens (tertiary/aromatic N) is 1. The molecule has 1 aliphatic heterocycles. The molecule has 2 heterocycles. The summed E-state index contributed by atoms with van der Waals surface area (Å²) in [5, 5.41) is 0. The fourth-order valence-corrected chi connectivity index (χ4v) is 2.68. The Labute approximate surface area is 133 Å². The van der Waals surface area contributed by atoms with Gasteiger partial charge in [0.1, 0.15) is 0 Å². The molecule has 108 valence electrons. The lowest BCUT2D eigenvalue weighted by Crippen LogP contribution is -2.41. The summed E-state index contributed by atoms with van der Waals surface area (Å²) < 4.78 is 19.1. The van der Waals surface area contributed by atoms with Crippen molar-refractivity contribution in [2.75, 3.05) is 0 Å². The quantitative estimate of drug-likeness (QED) is 0.591. The van der Waals surface area contributed by atoms with Gasteiger partial charge in [0.05, 0.1) is 27.1 Å². The van der Waals surface area contributed by atoms with Gasteiger partial charge in [0.25, 0.3) is 0 Å². The van der Waals surface area contributed by atoms with Crippen molar-refractivity contribution in [1.29, 1.82) is 0 Å². The van der Waals surface area contributed by atoms with Gasteiger partial charge in [-0.1, -0.05) is 0 Å². The predicted molar refractivity (Wildman–Crippen MR) is 86.3 cm³/mol. The van der Waals surface area contributed by atoms with Gasteiger partial charge < -0.3 is 14.0 Å². The molecule has 0 radical (unpaired) electrons. The average Bonchev–Trinajstić information content (AvgIpc) is 3.10. The Morgan fingerprint density at radius 2 is 1.80 bits per heavy atom. The van der Waals surface area contributed by atoms with Crippen LogP contribution in [-0.2, 0) is 9.31 Å². The Bertz CT molecular complexity index is 515. The van der Waals surface area contributed by atoms with Crippen LogP contribution in [-0.4, -0.2) is 29.4 Å². The first-order chi connectivity index (χ1) is 9.30. The van der Waals surface area contributed by atoms with Crippen molar-refractivity contribution in [3.8, 4) is 5.75 Å². The molecule has 0 amide bonds. The average molecular weight is 387 g/mol. The van der Waals surface area contributed by atoms with E-state index in [0.29, 0.717) is 6.10 Å². The van der Waals surface area contributed by atoms with E-state index in [2.05, 4.69) is 55.3 Å². The van der Waals surface area contributed by atoms with E-state index in [9.17, 15) is 0 Å². The molecule has 6 heteroatoms. The van der Waals surface area contributed by atoms with Crippen LogP contribution in [0.5, 0.6) is 5.75 Å². The molecule has 3 rings (SSSR count). The standard InChI is InChI=1S/C14H19BINO3/c1-13(2)14(3,4)20-15(19-13)10-7-17-8-11(12(10)16)18-9-5-6-9/h7-9H,5-6H2,1-4H3. The number of hydrogen-bond acceptors (Lipinski definition) is 4. The molecule has 1 aromatic rings. The van der Waals surface area contributed by atoms with E-state index >= 15 is 0 Å². The molecule has 0 aromatic carbocycles. The lowest BCUT2D eigenvalue weighted by atomic mass is 9.80. The maximum absolute atomic E-state index is 6.08. The third kappa shape index (κ3) is 2.57. The molecule has 0 N–H and O–H groups in total. The van der Waals surface area contributed by atoms with Gasteiger partial charge >= 0.3 is 7.12 Å². The molecule has 1 aliphatic carbocycles. The summed E-state index contributed by atoms with van der Waals surface area (Å²) >= 11 is 2.29. The highest BCUT2D eigenvalue weighted by molar-refractivity contribution is 14.1. The van der Waals surface area contributed by atoms with Crippen molar-refractivity contribution in [3.05, 3.63) is 16.0 Å². The zero-order chi connectivity index (χ0) is 14.5. The van der Waals surface area contributed by atoms with Crippen molar-refractivity contribution >= 4 is 35.2 Å². The fraction of sp³-hybridized carbons (Fsp3) is 0.643. The summed E-state index contributed by atoms with van der Waals surface area (Å²) in [4.78, 5) is 4.28. The second-order valence-electron chi connectivity index (χ2n) is 6.45. The van der Waals surface area contributed by atoms with Crippen LogP contribution in [0.2, 0.25) is 0 Å². The van der Waals surface area contributed by atoms with Crippen LogP contribution in [0.25, 0.3) is 0 Å². The zero-order valence-corrected chi connectivity index (χ0v) is 14.4. The zero-order valence-electron chi connectivity index (χ0n) is 12.3. The molecule has 1 saturated carbocycles. The van der Waals surface area contributed by atoms with E-state index in [1.807, 2.05) is 6.20 Å². The summed E-state index contributed by atoms with van der Waals surface area (Å²) in [5.74, 6) is 0.834. The van der Waals surface area contributed by atoms with E-state index in [1.54, 1.807) is 6.20 Å². The summed E-state index contributed by atoms with van der Waals surface area (Å²) in [6.07, 6.45) is 6.21. The normalized spacial score (nSPS) is 23.9. The summed E-state index contributed by atoms with van der Waals surface area (Å²) in [5.41, 5.74) is 0.268. The maximum Gasteiger partial charge on any atom is 0.497 e. The number of hydrogen-bond donors (Lipinski definition) is 0. The third-order valence-electron chi connectivity index (χ3n) is 4.20. The number of ether oxygens (including phenoxy) is 1. The highest BCUT2D eigenvalue weighted by Gasteiger charge is 2.52. The first-order valence-electron chi connectivity index (χ1n) is 6.96. The van der Waals surface area contributed by atoms with Crippen LogP contribution in [0, 0.1) is 3.57 Å². The number of halogens is 1. The second-order valence-corrected chi connectivity index (χ2v) is 7.53. The molecule has 0 bridgehead atoms. The van der Waals surface area contributed by atoms with Gasteiger partial charge in [0, 0.05) is 11.7 Å². The van der Waals surface area contributed by atoms with Crippen molar-refractivity contribution in [2.24, 2.45) is 0 Å². The molecular weight excluding hydrogens is 368 g/mol. The highest BCUT2D eigenvalue weighted by atomic mass is 127. The van der Waals surface area contributed by atoms with Crippen LogP contribution in [0.15, 0.2) is 12.4 Å². The maximum atomic E-state index is 6.08. The second kappa shape index (κ2) is 4.85. The van der Waals surface area contributed by atoms with Gasteiger partial charge in [-0.15, -0.1) is 0 Å². The van der Waals surface area contributed by atoms with Gasteiger partial charge in [-0.3, -0.25) is 4.98 Å². The van der Waals surface area contributed by atoms with Gasteiger partial charge in [-0.2, -0.15) is 0 Å². The number of pyridine rings is 1. The van der Waals surface area contributed by atoms with Crippen molar-refractivity contribution in [3.63, 3.8) is 0 Å².